The Labute approximate surface area is 167 Å². The second-order valence-electron chi connectivity index (χ2n) is 6.30. The van der Waals surface area contributed by atoms with Gasteiger partial charge in [0.2, 0.25) is 5.91 Å². The van der Waals surface area contributed by atoms with Gasteiger partial charge in [-0.3, -0.25) is 9.59 Å². The molecule has 2 aromatic carbocycles. The number of hydrogen-bond donors (Lipinski definition) is 2. The molecule has 28 heavy (non-hydrogen) atoms. The van der Waals surface area contributed by atoms with E-state index >= 15 is 0 Å². The van der Waals surface area contributed by atoms with Crippen molar-refractivity contribution in [1.82, 2.24) is 9.55 Å². The summed E-state index contributed by atoms with van der Waals surface area (Å²) in [4.78, 5) is 28.4. The summed E-state index contributed by atoms with van der Waals surface area (Å²) in [5, 5.41) is 2.86. The van der Waals surface area contributed by atoms with Gasteiger partial charge in [-0.15, -0.1) is 0 Å². The molecule has 0 aliphatic rings. The number of hydrogen-bond acceptors (Lipinski definition) is 5. The third-order valence-electron chi connectivity index (χ3n) is 4.18. The number of benzene rings is 2. The molecule has 3 rings (SSSR count). The first-order valence-electron chi connectivity index (χ1n) is 8.97. The quantitative estimate of drug-likeness (QED) is 0.474. The number of amides is 1. The second kappa shape index (κ2) is 9.23. The van der Waals surface area contributed by atoms with E-state index in [0.717, 1.165) is 17.7 Å². The van der Waals surface area contributed by atoms with E-state index in [2.05, 4.69) is 10.3 Å². The molecule has 3 aromatic rings. The summed E-state index contributed by atoms with van der Waals surface area (Å²) in [5.41, 5.74) is 7.54. The van der Waals surface area contributed by atoms with Crippen LogP contribution < -0.4 is 16.6 Å². The lowest BCUT2D eigenvalue weighted by Gasteiger charge is -2.17. The maximum absolute atomic E-state index is 12.5. The molecular formula is C21H22N4O2S. The number of aryl methyl sites for hydroxylation is 1. The molecule has 6 nitrogen and oxygen atoms in total. The Hall–Kier alpha value is -3.06. The lowest BCUT2D eigenvalue weighted by atomic mass is 10.1. The largest absolute Gasteiger partial charge is 0.385 e. The van der Waals surface area contributed by atoms with E-state index in [1.165, 1.54) is 17.8 Å². The zero-order chi connectivity index (χ0) is 19.9. The average Bonchev–Trinajstić information content (AvgIpc) is 2.68. The van der Waals surface area contributed by atoms with Crippen molar-refractivity contribution in [2.45, 2.75) is 30.3 Å². The van der Waals surface area contributed by atoms with Gasteiger partial charge in [0, 0.05) is 18.3 Å². The molecule has 3 N–H and O–H groups in total. The average molecular weight is 395 g/mol. The zero-order valence-corrected chi connectivity index (χ0v) is 16.4. The minimum absolute atomic E-state index is 0.164. The van der Waals surface area contributed by atoms with E-state index in [4.69, 9.17) is 5.73 Å². The van der Waals surface area contributed by atoms with Gasteiger partial charge in [-0.2, -0.15) is 4.98 Å². The van der Waals surface area contributed by atoms with Crippen molar-refractivity contribution in [3.05, 3.63) is 82.6 Å². The minimum Gasteiger partial charge on any atom is -0.385 e. The molecule has 0 saturated heterocycles. The van der Waals surface area contributed by atoms with Crippen LogP contribution in [0.1, 0.15) is 12.5 Å². The van der Waals surface area contributed by atoms with Gasteiger partial charge in [-0.1, -0.05) is 60.3 Å². The topological polar surface area (TPSA) is 90.0 Å². The molecule has 0 radical (unpaired) electrons. The third-order valence-corrected chi connectivity index (χ3v) is 5.27. The van der Waals surface area contributed by atoms with E-state index in [1.54, 1.807) is 11.5 Å². The fourth-order valence-electron chi connectivity index (χ4n) is 2.68. The van der Waals surface area contributed by atoms with Gasteiger partial charge in [-0.25, -0.2) is 0 Å². The molecule has 0 fully saturated rings. The molecule has 0 aliphatic carbocycles. The first-order valence-corrected chi connectivity index (χ1v) is 9.85. The Bertz CT molecular complexity index is 990. The monoisotopic (exact) mass is 394 g/mol. The van der Waals surface area contributed by atoms with Crippen molar-refractivity contribution >= 4 is 29.2 Å². The van der Waals surface area contributed by atoms with E-state index in [-0.39, 0.29) is 5.91 Å². The van der Waals surface area contributed by atoms with Crippen LogP contribution in [0.3, 0.4) is 0 Å². The first kappa shape index (κ1) is 19.7. The first-order chi connectivity index (χ1) is 13.5. The lowest BCUT2D eigenvalue weighted by molar-refractivity contribution is -0.115. The Morgan fingerprint density at radius 2 is 1.79 bits per heavy atom. The van der Waals surface area contributed by atoms with Crippen LogP contribution in [0.2, 0.25) is 0 Å². The number of nitrogen functional groups attached to an aromatic ring is 1. The third kappa shape index (κ3) is 5.23. The molecule has 1 atom stereocenters. The summed E-state index contributed by atoms with van der Waals surface area (Å²) in [6.45, 7) is 2.35. The number of rotatable bonds is 7. The van der Waals surface area contributed by atoms with E-state index in [1.807, 2.05) is 60.7 Å². The van der Waals surface area contributed by atoms with Gasteiger partial charge in [0.15, 0.2) is 5.16 Å². The van der Waals surface area contributed by atoms with Crippen molar-refractivity contribution in [2.24, 2.45) is 0 Å². The maximum Gasteiger partial charge on any atom is 0.275 e. The predicted octanol–water partition coefficient (Wildman–Crippen LogP) is 3.19. The van der Waals surface area contributed by atoms with Gasteiger partial charge >= 0.3 is 0 Å². The summed E-state index contributed by atoms with van der Waals surface area (Å²) < 4.78 is 1.78. The Morgan fingerprint density at radius 1 is 1.14 bits per heavy atom. The minimum atomic E-state index is -0.447. The molecule has 0 aliphatic heterocycles. The van der Waals surface area contributed by atoms with Gasteiger partial charge in [0.25, 0.3) is 5.56 Å². The molecule has 144 valence electrons. The molecule has 7 heteroatoms. The van der Waals surface area contributed by atoms with Gasteiger partial charge in [0.1, 0.15) is 5.82 Å². The van der Waals surface area contributed by atoms with Crippen molar-refractivity contribution in [3.63, 3.8) is 0 Å². The Balaban J connectivity index is 1.74. The maximum atomic E-state index is 12.5. The van der Waals surface area contributed by atoms with Gasteiger partial charge < -0.3 is 15.6 Å². The van der Waals surface area contributed by atoms with Crippen molar-refractivity contribution in [2.75, 3.05) is 11.1 Å². The van der Waals surface area contributed by atoms with Gasteiger partial charge in [0.05, 0.1) is 5.25 Å². The molecule has 0 saturated carbocycles. The highest BCUT2D eigenvalue weighted by Crippen LogP contribution is 2.24. The zero-order valence-electron chi connectivity index (χ0n) is 15.5. The highest BCUT2D eigenvalue weighted by molar-refractivity contribution is 8.00. The van der Waals surface area contributed by atoms with E-state index < -0.39 is 10.8 Å². The number of para-hydroxylation sites is 1. The van der Waals surface area contributed by atoms with Crippen molar-refractivity contribution < 1.29 is 4.79 Å². The number of carbonyl (C=O) groups excluding carboxylic acids is 1. The van der Waals surface area contributed by atoms with Crippen LogP contribution in [0.15, 0.2) is 76.7 Å². The summed E-state index contributed by atoms with van der Waals surface area (Å²) >= 11 is 1.22. The summed E-state index contributed by atoms with van der Waals surface area (Å²) in [6, 6.07) is 20.6. The van der Waals surface area contributed by atoms with Crippen LogP contribution in [0, 0.1) is 0 Å². The molecular weight excluding hydrogens is 372 g/mol. The molecule has 0 unspecified atom stereocenters. The summed E-state index contributed by atoms with van der Waals surface area (Å²) in [7, 11) is 0. The summed E-state index contributed by atoms with van der Waals surface area (Å²) in [6.07, 6.45) is 0.744. The SMILES string of the molecule is C[C@H](Sc1nc(=O)cc(N)n1CCc1ccccc1)C(=O)Nc1ccccc1. The highest BCUT2D eigenvalue weighted by atomic mass is 32.2. The fourth-order valence-corrected chi connectivity index (χ4v) is 3.63. The number of nitrogens with zero attached hydrogens (tertiary/aromatic N) is 2. The van der Waals surface area contributed by atoms with E-state index in [9.17, 15) is 9.59 Å². The van der Waals surface area contributed by atoms with Crippen LogP contribution in [-0.4, -0.2) is 20.7 Å². The summed E-state index contributed by atoms with van der Waals surface area (Å²) in [5.74, 6) is 0.177. The normalized spacial score (nSPS) is 11.8. The van der Waals surface area contributed by atoms with Crippen LogP contribution in [-0.2, 0) is 17.8 Å². The van der Waals surface area contributed by atoms with Crippen LogP contribution >= 0.6 is 11.8 Å². The molecule has 0 spiro atoms. The Kier molecular flexibility index (Phi) is 6.49. The molecule has 1 aromatic heterocycles. The molecule has 0 bridgehead atoms. The fraction of sp³-hybridized carbons (Fsp3) is 0.190. The number of nitrogens with two attached hydrogens (primary N) is 1. The lowest BCUT2D eigenvalue weighted by Crippen LogP contribution is -2.25. The second-order valence-corrected chi connectivity index (χ2v) is 7.61. The smallest absolute Gasteiger partial charge is 0.275 e. The number of anilines is 2. The number of thioether (sulfide) groups is 1. The standard InChI is InChI=1S/C21H22N4O2S/c1-15(20(27)23-17-10-6-3-7-11-17)28-21-24-19(26)14-18(22)25(21)13-12-16-8-4-2-5-9-16/h2-11,14-15H,12-13,22H2,1H3,(H,23,27)/t15-/m0/s1. The van der Waals surface area contributed by atoms with Crippen LogP contribution in [0.25, 0.3) is 0 Å². The van der Waals surface area contributed by atoms with Crippen molar-refractivity contribution in [3.8, 4) is 0 Å². The number of nitrogens with one attached hydrogen (secondary N) is 1. The molecule has 1 heterocycles. The van der Waals surface area contributed by atoms with E-state index in [0.29, 0.717) is 17.5 Å². The van der Waals surface area contributed by atoms with Crippen LogP contribution in [0.5, 0.6) is 0 Å². The number of aromatic nitrogens is 2. The Morgan fingerprint density at radius 3 is 2.46 bits per heavy atom. The highest BCUT2D eigenvalue weighted by Gasteiger charge is 2.18. The van der Waals surface area contributed by atoms with Crippen molar-refractivity contribution in [1.29, 1.82) is 0 Å². The molecule has 1 amide bonds. The predicted molar refractivity (Wildman–Crippen MR) is 113 cm³/mol. The number of carbonyl (C=O) groups is 1. The van der Waals surface area contributed by atoms with Gasteiger partial charge in [-0.05, 0) is 31.0 Å². The van der Waals surface area contributed by atoms with Crippen LogP contribution in [0.4, 0.5) is 11.5 Å².